The Morgan fingerprint density at radius 1 is 1.00 bits per heavy atom. The first-order valence-corrected chi connectivity index (χ1v) is 13.1. The van der Waals surface area contributed by atoms with Crippen LogP contribution in [0.25, 0.3) is 0 Å². The molecule has 2 N–H and O–H groups in total. The van der Waals surface area contributed by atoms with Gasteiger partial charge in [-0.3, -0.25) is 9.78 Å². The number of aryl methyl sites for hydroxylation is 1. The summed E-state index contributed by atoms with van der Waals surface area (Å²) in [5.74, 6) is 1.83. The number of carbonyl (C=O) groups is 1. The van der Waals surface area contributed by atoms with Gasteiger partial charge in [0.05, 0.1) is 5.56 Å². The Kier molecular flexibility index (Phi) is 5.52. The normalized spacial score (nSPS) is 33.2. The fourth-order valence-corrected chi connectivity index (χ4v) is 8.21. The maximum Gasteiger partial charge on any atom is 0.253 e. The van der Waals surface area contributed by atoms with E-state index in [9.17, 15) is 4.79 Å². The predicted octanol–water partition coefficient (Wildman–Crippen LogP) is 5.03. The molecule has 5 aliphatic rings. The fraction of sp³-hybridized carbons (Fsp3) is 0.586. The van der Waals surface area contributed by atoms with Gasteiger partial charge in [0.1, 0.15) is 0 Å². The monoisotopic (exact) mass is 443 g/mol. The molecular formula is C29H37N3O. The quantitative estimate of drug-likeness (QED) is 0.658. The van der Waals surface area contributed by atoms with E-state index < -0.39 is 0 Å². The molecule has 0 spiro atoms. The standard InChI is InChI=1S/C29H37N3O/c33-27(32-26-9-12-30-13-10-26)23-6-7-25(31-19-23)8-11-28-15-21-14-22(16-28)18-29(17-21,20-28)24-4-2-1-3-5-24/h1-7,19,21-22,26,30H,8-18,20H2,(H,32,33). The Morgan fingerprint density at radius 2 is 1.76 bits per heavy atom. The maximum atomic E-state index is 12.6. The lowest BCUT2D eigenvalue weighted by Gasteiger charge is -2.63. The van der Waals surface area contributed by atoms with Crippen molar-refractivity contribution in [1.82, 2.24) is 15.6 Å². The van der Waals surface area contributed by atoms with E-state index in [1.807, 2.05) is 6.07 Å². The maximum absolute atomic E-state index is 12.6. The Balaban J connectivity index is 1.12. The van der Waals surface area contributed by atoms with Crippen molar-refractivity contribution in [2.24, 2.45) is 17.3 Å². The Bertz CT molecular complexity index is 966. The second kappa shape index (κ2) is 8.54. The van der Waals surface area contributed by atoms with E-state index in [1.54, 1.807) is 11.8 Å². The molecule has 174 valence electrons. The summed E-state index contributed by atoms with van der Waals surface area (Å²) in [4.78, 5) is 17.3. The van der Waals surface area contributed by atoms with E-state index in [4.69, 9.17) is 4.98 Å². The van der Waals surface area contributed by atoms with Gasteiger partial charge in [0.2, 0.25) is 0 Å². The molecule has 4 bridgehead atoms. The molecule has 33 heavy (non-hydrogen) atoms. The number of rotatable bonds is 6. The first kappa shape index (κ1) is 21.3. The highest BCUT2D eigenvalue weighted by molar-refractivity contribution is 5.94. The highest BCUT2D eigenvalue weighted by Crippen LogP contribution is 2.66. The largest absolute Gasteiger partial charge is 0.349 e. The molecule has 2 aromatic rings. The number of benzene rings is 1. The minimum atomic E-state index is 0.0202. The summed E-state index contributed by atoms with van der Waals surface area (Å²) in [5.41, 5.74) is 4.31. The lowest BCUT2D eigenvalue weighted by Crippen LogP contribution is -2.54. The number of aromatic nitrogens is 1. The molecule has 2 unspecified atom stereocenters. The van der Waals surface area contributed by atoms with Crippen molar-refractivity contribution in [3.05, 3.63) is 65.5 Å². The SMILES string of the molecule is O=C(NC1CCNCC1)c1ccc(CCC23CC4CC(C2)CC(c2ccccc2)(C4)C3)nc1. The van der Waals surface area contributed by atoms with Crippen molar-refractivity contribution in [2.75, 3.05) is 13.1 Å². The topological polar surface area (TPSA) is 54.0 Å². The molecule has 2 atom stereocenters. The summed E-state index contributed by atoms with van der Waals surface area (Å²) in [7, 11) is 0. The lowest BCUT2D eigenvalue weighted by atomic mass is 9.42. The van der Waals surface area contributed by atoms with Crippen LogP contribution in [0, 0.1) is 17.3 Å². The molecule has 1 aromatic carbocycles. The van der Waals surface area contributed by atoms with Gasteiger partial charge in [0.15, 0.2) is 0 Å². The van der Waals surface area contributed by atoms with Gasteiger partial charge in [-0.2, -0.15) is 0 Å². The van der Waals surface area contributed by atoms with Crippen molar-refractivity contribution < 1.29 is 4.79 Å². The van der Waals surface area contributed by atoms with Crippen LogP contribution >= 0.6 is 0 Å². The number of amides is 1. The number of nitrogens with zero attached hydrogens (tertiary/aromatic N) is 1. The average molecular weight is 444 g/mol. The molecule has 2 heterocycles. The third kappa shape index (κ3) is 4.23. The molecule has 5 fully saturated rings. The molecule has 1 amide bonds. The van der Waals surface area contributed by atoms with Crippen LogP contribution < -0.4 is 10.6 Å². The van der Waals surface area contributed by atoms with Gasteiger partial charge in [-0.1, -0.05) is 30.3 Å². The summed E-state index contributed by atoms with van der Waals surface area (Å²) in [6.45, 7) is 1.97. The summed E-state index contributed by atoms with van der Waals surface area (Å²) < 4.78 is 0. The first-order valence-electron chi connectivity index (χ1n) is 13.1. The van der Waals surface area contributed by atoms with Crippen LogP contribution in [0.4, 0.5) is 0 Å². The number of hydrogen-bond donors (Lipinski definition) is 2. The molecule has 1 aromatic heterocycles. The van der Waals surface area contributed by atoms with E-state index in [0.717, 1.165) is 49.9 Å². The summed E-state index contributed by atoms with van der Waals surface area (Å²) >= 11 is 0. The predicted molar refractivity (Wildman–Crippen MR) is 131 cm³/mol. The second-order valence-electron chi connectivity index (χ2n) is 11.6. The fourth-order valence-electron chi connectivity index (χ4n) is 8.21. The smallest absolute Gasteiger partial charge is 0.253 e. The van der Waals surface area contributed by atoms with Crippen molar-refractivity contribution >= 4 is 5.91 Å². The highest BCUT2D eigenvalue weighted by Gasteiger charge is 2.57. The number of piperidine rings is 1. The molecule has 0 radical (unpaired) electrons. The molecule has 7 rings (SSSR count). The van der Waals surface area contributed by atoms with E-state index >= 15 is 0 Å². The molecule has 4 aliphatic carbocycles. The summed E-state index contributed by atoms with van der Waals surface area (Å²) in [5, 5.41) is 6.52. The zero-order chi connectivity index (χ0) is 22.3. The minimum Gasteiger partial charge on any atom is -0.349 e. The first-order chi connectivity index (χ1) is 16.1. The Labute approximate surface area is 198 Å². The molecule has 4 saturated carbocycles. The van der Waals surface area contributed by atoms with Crippen molar-refractivity contribution in [3.63, 3.8) is 0 Å². The second-order valence-corrected chi connectivity index (χ2v) is 11.6. The minimum absolute atomic E-state index is 0.0202. The summed E-state index contributed by atoms with van der Waals surface area (Å²) in [6.07, 6.45) is 14.5. The van der Waals surface area contributed by atoms with Crippen LogP contribution in [0.2, 0.25) is 0 Å². The van der Waals surface area contributed by atoms with Crippen LogP contribution in [0.1, 0.15) is 79.4 Å². The highest BCUT2D eigenvalue weighted by atomic mass is 16.1. The number of carbonyl (C=O) groups excluding carboxylic acids is 1. The van der Waals surface area contributed by atoms with Gasteiger partial charge < -0.3 is 10.6 Å². The van der Waals surface area contributed by atoms with E-state index in [-0.39, 0.29) is 11.9 Å². The van der Waals surface area contributed by atoms with Crippen LogP contribution in [-0.4, -0.2) is 30.0 Å². The van der Waals surface area contributed by atoms with Crippen LogP contribution in [-0.2, 0) is 11.8 Å². The van der Waals surface area contributed by atoms with Gasteiger partial charge >= 0.3 is 0 Å². The Hall–Kier alpha value is -2.20. The van der Waals surface area contributed by atoms with Crippen LogP contribution in [0.15, 0.2) is 48.7 Å². The zero-order valence-electron chi connectivity index (χ0n) is 19.7. The molecular weight excluding hydrogens is 406 g/mol. The zero-order valence-corrected chi connectivity index (χ0v) is 19.7. The molecule has 1 saturated heterocycles. The third-order valence-corrected chi connectivity index (χ3v) is 9.24. The number of nitrogens with one attached hydrogen (secondary N) is 2. The number of hydrogen-bond acceptors (Lipinski definition) is 3. The van der Waals surface area contributed by atoms with Crippen molar-refractivity contribution in [2.45, 2.75) is 75.7 Å². The van der Waals surface area contributed by atoms with E-state index in [1.165, 1.54) is 44.9 Å². The average Bonchev–Trinajstić information content (AvgIpc) is 2.84. The van der Waals surface area contributed by atoms with Crippen molar-refractivity contribution in [3.8, 4) is 0 Å². The molecule has 4 nitrogen and oxygen atoms in total. The van der Waals surface area contributed by atoms with Gasteiger partial charge in [0, 0.05) is 17.9 Å². The van der Waals surface area contributed by atoms with Gasteiger partial charge in [0.25, 0.3) is 5.91 Å². The van der Waals surface area contributed by atoms with E-state index in [2.05, 4.69) is 47.0 Å². The van der Waals surface area contributed by atoms with Crippen LogP contribution in [0.3, 0.4) is 0 Å². The lowest BCUT2D eigenvalue weighted by molar-refractivity contribution is -0.0761. The van der Waals surface area contributed by atoms with Crippen molar-refractivity contribution in [1.29, 1.82) is 0 Å². The molecule has 4 heteroatoms. The number of pyridine rings is 1. The van der Waals surface area contributed by atoms with Gasteiger partial charge in [-0.15, -0.1) is 0 Å². The Morgan fingerprint density at radius 3 is 2.45 bits per heavy atom. The molecule has 1 aliphatic heterocycles. The van der Waals surface area contributed by atoms with Gasteiger partial charge in [-0.25, -0.2) is 0 Å². The third-order valence-electron chi connectivity index (χ3n) is 9.24. The van der Waals surface area contributed by atoms with Gasteiger partial charge in [-0.05, 0) is 118 Å². The van der Waals surface area contributed by atoms with E-state index in [0.29, 0.717) is 16.4 Å². The van der Waals surface area contributed by atoms with Crippen LogP contribution in [0.5, 0.6) is 0 Å². The summed E-state index contributed by atoms with van der Waals surface area (Å²) in [6, 6.07) is 15.7.